The van der Waals surface area contributed by atoms with E-state index in [2.05, 4.69) is 0 Å². The number of halogens is 5. The van der Waals surface area contributed by atoms with E-state index >= 15 is 0 Å². The molecule has 1 atom stereocenters. The molecule has 0 aliphatic carbocycles. The van der Waals surface area contributed by atoms with Crippen molar-refractivity contribution in [2.24, 2.45) is 0 Å². The summed E-state index contributed by atoms with van der Waals surface area (Å²) in [4.78, 5) is 10.0. The Bertz CT molecular complexity index is 257. The van der Waals surface area contributed by atoms with Crippen LogP contribution in [0.5, 0.6) is 0 Å². The van der Waals surface area contributed by atoms with Gasteiger partial charge in [-0.05, 0) is 6.42 Å². The first-order valence-corrected chi connectivity index (χ1v) is 3.56. The molecule has 0 radical (unpaired) electrons. The third kappa shape index (κ3) is 2.43. The van der Waals surface area contributed by atoms with E-state index < -0.39 is 36.1 Å². The Morgan fingerprint density at radius 3 is 2.07 bits per heavy atom. The lowest BCUT2D eigenvalue weighted by molar-refractivity contribution is -0.139. The predicted octanol–water partition coefficient (Wildman–Crippen LogP) is 2.61. The molecule has 0 aliphatic rings. The van der Waals surface area contributed by atoms with Gasteiger partial charge in [0, 0.05) is 0 Å². The van der Waals surface area contributed by atoms with Crippen molar-refractivity contribution in [2.45, 2.75) is 25.4 Å². The highest BCUT2D eigenvalue weighted by atomic mass is 19.3. The van der Waals surface area contributed by atoms with Crippen LogP contribution in [0, 0.1) is 0 Å². The fourth-order valence-electron chi connectivity index (χ4n) is 0.762. The Hall–Kier alpha value is -1.14. The number of hydrogen-bond donors (Lipinski definition) is 1. The van der Waals surface area contributed by atoms with Crippen LogP contribution >= 0.6 is 0 Å². The van der Waals surface area contributed by atoms with Crippen molar-refractivity contribution in [2.75, 3.05) is 0 Å². The minimum atomic E-state index is -4.67. The average molecular weight is 218 g/mol. The van der Waals surface area contributed by atoms with E-state index in [1.54, 1.807) is 0 Å². The molecule has 0 aliphatic heterocycles. The number of alkyl halides is 3. The van der Waals surface area contributed by atoms with Crippen LogP contribution in [0.2, 0.25) is 0 Å². The normalized spacial score (nSPS) is 13.6. The molecule has 7 heteroatoms. The van der Waals surface area contributed by atoms with Crippen LogP contribution in [0.4, 0.5) is 22.0 Å². The summed E-state index contributed by atoms with van der Waals surface area (Å²) in [5, 5.41) is 8.04. The van der Waals surface area contributed by atoms with E-state index in [1.807, 2.05) is 0 Å². The van der Waals surface area contributed by atoms with Gasteiger partial charge in [0.05, 0.1) is 0 Å². The second-order valence-electron chi connectivity index (χ2n) is 2.44. The summed E-state index contributed by atoms with van der Waals surface area (Å²) in [6, 6.07) is 0. The van der Waals surface area contributed by atoms with E-state index in [1.165, 1.54) is 0 Å². The summed E-state index contributed by atoms with van der Waals surface area (Å²) in [6.07, 6.45) is -6.77. The number of carboxylic acids is 1. The Morgan fingerprint density at radius 1 is 1.43 bits per heavy atom. The van der Waals surface area contributed by atoms with Gasteiger partial charge in [-0.15, -0.1) is 0 Å². The molecule has 0 aromatic carbocycles. The third-order valence-electron chi connectivity index (χ3n) is 1.49. The van der Waals surface area contributed by atoms with Gasteiger partial charge in [0.15, 0.2) is 11.7 Å². The van der Waals surface area contributed by atoms with Crippen LogP contribution in [0.1, 0.15) is 13.3 Å². The lowest BCUT2D eigenvalue weighted by Crippen LogP contribution is -2.35. The second-order valence-corrected chi connectivity index (χ2v) is 2.44. The Balaban J connectivity index is 5.23. The lowest BCUT2D eigenvalue weighted by Gasteiger charge is -2.19. The zero-order valence-electron chi connectivity index (χ0n) is 7.03. The molecule has 0 aromatic rings. The fourth-order valence-corrected chi connectivity index (χ4v) is 0.762. The minimum Gasteiger partial charge on any atom is -0.478 e. The van der Waals surface area contributed by atoms with Crippen molar-refractivity contribution in [3.05, 3.63) is 11.7 Å². The van der Waals surface area contributed by atoms with Crippen molar-refractivity contribution in [1.82, 2.24) is 0 Å². The summed E-state index contributed by atoms with van der Waals surface area (Å²) in [7, 11) is 0. The highest BCUT2D eigenvalue weighted by molar-refractivity contribution is 5.88. The third-order valence-corrected chi connectivity index (χ3v) is 1.49. The number of aliphatic carboxylic acids is 1. The van der Waals surface area contributed by atoms with E-state index in [4.69, 9.17) is 5.11 Å². The Morgan fingerprint density at radius 2 is 1.86 bits per heavy atom. The van der Waals surface area contributed by atoms with Crippen LogP contribution in [0.25, 0.3) is 0 Å². The van der Waals surface area contributed by atoms with Gasteiger partial charge >= 0.3 is 11.9 Å². The molecule has 0 rings (SSSR count). The van der Waals surface area contributed by atoms with Gasteiger partial charge in [-0.1, -0.05) is 6.92 Å². The highest BCUT2D eigenvalue weighted by Gasteiger charge is 2.49. The molecule has 0 spiro atoms. The number of hydrogen-bond acceptors (Lipinski definition) is 1. The highest BCUT2D eigenvalue weighted by Crippen LogP contribution is 2.34. The number of carboxylic acid groups (broad SMARTS) is 1. The van der Waals surface area contributed by atoms with Crippen LogP contribution in [-0.4, -0.2) is 23.2 Å². The van der Waals surface area contributed by atoms with Gasteiger partial charge in [-0.3, -0.25) is 0 Å². The van der Waals surface area contributed by atoms with E-state index in [0.29, 0.717) is 0 Å². The molecular formula is C7H7F5O2. The molecule has 1 N–H and O–H groups in total. The lowest BCUT2D eigenvalue weighted by atomic mass is 10.0. The van der Waals surface area contributed by atoms with Crippen molar-refractivity contribution < 1.29 is 31.9 Å². The molecule has 2 nitrogen and oxygen atoms in total. The molecule has 0 saturated heterocycles. The molecule has 1 unspecified atom stereocenters. The first-order valence-electron chi connectivity index (χ1n) is 3.56. The van der Waals surface area contributed by atoms with Crippen LogP contribution in [0.15, 0.2) is 11.7 Å². The standard InChI is InChI=1S/C7H7F5O2/c1-2-3(8)7(11,12)4(5(9)10)6(13)14/h3H,2H2,1H3,(H,13,14). The number of rotatable bonds is 4. The maximum absolute atomic E-state index is 12.7. The zero-order chi connectivity index (χ0) is 11.5. The molecule has 14 heavy (non-hydrogen) atoms. The average Bonchev–Trinajstić information content (AvgIpc) is 2.00. The van der Waals surface area contributed by atoms with Crippen molar-refractivity contribution in [1.29, 1.82) is 0 Å². The summed E-state index contributed by atoms with van der Waals surface area (Å²) in [5.74, 6) is -7.19. The molecule has 0 saturated carbocycles. The smallest absolute Gasteiger partial charge is 0.343 e. The van der Waals surface area contributed by atoms with E-state index in [-0.39, 0.29) is 0 Å². The Kier molecular flexibility index (Phi) is 4.03. The summed E-state index contributed by atoms with van der Waals surface area (Å²) in [5.41, 5.74) is -2.48. The molecule has 0 amide bonds. The minimum absolute atomic E-state index is 0.753. The second kappa shape index (κ2) is 4.39. The van der Waals surface area contributed by atoms with Crippen molar-refractivity contribution >= 4 is 5.97 Å². The number of carbonyl (C=O) groups is 1. The summed E-state index contributed by atoms with van der Waals surface area (Å²) < 4.78 is 61.5. The molecule has 82 valence electrons. The van der Waals surface area contributed by atoms with Crippen LogP contribution < -0.4 is 0 Å². The van der Waals surface area contributed by atoms with E-state index in [0.717, 1.165) is 6.92 Å². The molecule has 0 aromatic heterocycles. The molecule has 0 fully saturated rings. The maximum atomic E-state index is 12.7. The topological polar surface area (TPSA) is 37.3 Å². The first-order chi connectivity index (χ1) is 6.25. The van der Waals surface area contributed by atoms with Crippen molar-refractivity contribution in [3.63, 3.8) is 0 Å². The molecular weight excluding hydrogens is 211 g/mol. The van der Waals surface area contributed by atoms with Gasteiger partial charge in [-0.2, -0.15) is 17.6 Å². The molecule has 0 bridgehead atoms. The fraction of sp³-hybridized carbons (Fsp3) is 0.571. The predicted molar refractivity (Wildman–Crippen MR) is 37.0 cm³/mol. The molecule has 0 heterocycles. The van der Waals surface area contributed by atoms with Gasteiger partial charge in [-0.25, -0.2) is 9.18 Å². The SMILES string of the molecule is CCC(F)C(F)(F)C(C(=O)O)=C(F)F. The largest absolute Gasteiger partial charge is 0.478 e. The first kappa shape index (κ1) is 12.9. The Labute approximate surface area is 76.0 Å². The maximum Gasteiger partial charge on any atom is 0.343 e. The quantitative estimate of drug-likeness (QED) is 0.581. The summed E-state index contributed by atoms with van der Waals surface area (Å²) in [6.45, 7) is 0.994. The van der Waals surface area contributed by atoms with Gasteiger partial charge in [0.1, 0.15) is 0 Å². The van der Waals surface area contributed by atoms with E-state index in [9.17, 15) is 26.7 Å². The van der Waals surface area contributed by atoms with Gasteiger partial charge in [0.25, 0.3) is 6.08 Å². The summed E-state index contributed by atoms with van der Waals surface area (Å²) >= 11 is 0. The monoisotopic (exact) mass is 218 g/mol. The zero-order valence-corrected chi connectivity index (χ0v) is 7.03. The van der Waals surface area contributed by atoms with Gasteiger partial charge < -0.3 is 5.11 Å². The van der Waals surface area contributed by atoms with Crippen LogP contribution in [-0.2, 0) is 4.79 Å². The van der Waals surface area contributed by atoms with Crippen LogP contribution in [0.3, 0.4) is 0 Å². The van der Waals surface area contributed by atoms with Gasteiger partial charge in [0.2, 0.25) is 0 Å². The van der Waals surface area contributed by atoms with Crippen molar-refractivity contribution in [3.8, 4) is 0 Å².